The molecule has 3 aromatic rings. The molecule has 1 fully saturated rings. The molecule has 218 valence electrons. The number of para-hydroxylation sites is 1. The number of ether oxygens (including phenoxy) is 1. The summed E-state index contributed by atoms with van der Waals surface area (Å²) in [5, 5.41) is 3.18. The molecule has 0 unspecified atom stereocenters. The van der Waals surface area contributed by atoms with E-state index >= 15 is 0 Å². The van der Waals surface area contributed by atoms with E-state index in [4.69, 9.17) is 4.74 Å². The van der Waals surface area contributed by atoms with Gasteiger partial charge in [0.05, 0.1) is 19.1 Å². The van der Waals surface area contributed by atoms with Gasteiger partial charge in [0.2, 0.25) is 21.8 Å². The second-order valence-electron chi connectivity index (χ2n) is 10.6. The number of carbonyl (C=O) groups excluding carboxylic acids is 2. The molecule has 41 heavy (non-hydrogen) atoms. The Hall–Kier alpha value is -3.85. The van der Waals surface area contributed by atoms with Crippen LogP contribution in [0.15, 0.2) is 78.9 Å². The van der Waals surface area contributed by atoms with Crippen molar-refractivity contribution in [1.82, 2.24) is 10.2 Å². The van der Waals surface area contributed by atoms with Crippen LogP contribution in [0.2, 0.25) is 0 Å². The summed E-state index contributed by atoms with van der Waals surface area (Å²) in [5.74, 6) is -0.0783. The van der Waals surface area contributed by atoms with Crippen molar-refractivity contribution in [2.75, 3.05) is 24.2 Å². The zero-order valence-corrected chi connectivity index (χ0v) is 24.8. The summed E-state index contributed by atoms with van der Waals surface area (Å²) in [7, 11) is -2.24. The Kier molecular flexibility index (Phi) is 10.0. The molecule has 1 atom stereocenters. The van der Waals surface area contributed by atoms with Gasteiger partial charge in [0.1, 0.15) is 18.3 Å². The van der Waals surface area contributed by atoms with Crippen molar-refractivity contribution < 1.29 is 22.7 Å². The van der Waals surface area contributed by atoms with Gasteiger partial charge in [-0.2, -0.15) is 0 Å². The molecule has 0 aromatic heterocycles. The summed E-state index contributed by atoms with van der Waals surface area (Å²) in [5.41, 5.74) is 2.83. The highest BCUT2D eigenvalue weighted by molar-refractivity contribution is 7.92. The highest BCUT2D eigenvalue weighted by Crippen LogP contribution is 2.25. The highest BCUT2D eigenvalue weighted by atomic mass is 32.2. The number of aryl methyl sites for hydroxylation is 1. The van der Waals surface area contributed by atoms with Crippen LogP contribution in [-0.4, -0.2) is 57.1 Å². The van der Waals surface area contributed by atoms with Gasteiger partial charge in [-0.25, -0.2) is 8.42 Å². The van der Waals surface area contributed by atoms with E-state index in [1.165, 1.54) is 4.90 Å². The summed E-state index contributed by atoms with van der Waals surface area (Å²) < 4.78 is 32.5. The third-order valence-corrected chi connectivity index (χ3v) is 8.65. The topological polar surface area (TPSA) is 96.0 Å². The zero-order chi connectivity index (χ0) is 29.4. The number of nitrogens with one attached hydrogen (secondary N) is 1. The maximum Gasteiger partial charge on any atom is 0.244 e. The molecular weight excluding hydrogens is 538 g/mol. The van der Waals surface area contributed by atoms with E-state index in [0.717, 1.165) is 52.9 Å². The summed E-state index contributed by atoms with van der Waals surface area (Å²) >= 11 is 0. The minimum atomic E-state index is -3.81. The summed E-state index contributed by atoms with van der Waals surface area (Å²) in [6, 6.07) is 23.2. The number of carbonyl (C=O) groups is 2. The molecule has 0 bridgehead atoms. The van der Waals surface area contributed by atoms with Crippen molar-refractivity contribution >= 4 is 27.5 Å². The Morgan fingerprint density at radius 3 is 2.27 bits per heavy atom. The first-order valence-corrected chi connectivity index (χ1v) is 15.8. The lowest BCUT2D eigenvalue weighted by molar-refractivity contribution is -0.140. The second kappa shape index (κ2) is 13.7. The van der Waals surface area contributed by atoms with Gasteiger partial charge in [-0.1, -0.05) is 73.5 Å². The lowest BCUT2D eigenvalue weighted by Gasteiger charge is -2.34. The first-order chi connectivity index (χ1) is 19.7. The normalized spacial score (nSPS) is 14.3. The van der Waals surface area contributed by atoms with Crippen LogP contribution in [0, 0.1) is 6.92 Å². The SMILES string of the molecule is COc1cccc(CN(C(=O)CN(c2ccccc2C)S(C)(=O)=O)[C@@H](Cc2ccccc2)C(=O)NC2CCCC2)c1. The van der Waals surface area contributed by atoms with Gasteiger partial charge in [0, 0.05) is 19.0 Å². The number of sulfonamides is 1. The van der Waals surface area contributed by atoms with Crippen LogP contribution < -0.4 is 14.4 Å². The van der Waals surface area contributed by atoms with E-state index < -0.39 is 28.5 Å². The molecule has 8 nitrogen and oxygen atoms in total. The summed E-state index contributed by atoms with van der Waals surface area (Å²) in [6.07, 6.45) is 5.30. The molecule has 9 heteroatoms. The fourth-order valence-electron chi connectivity index (χ4n) is 5.33. The van der Waals surface area contributed by atoms with Crippen molar-refractivity contribution in [3.8, 4) is 5.75 Å². The van der Waals surface area contributed by atoms with Crippen LogP contribution in [0.25, 0.3) is 0 Å². The van der Waals surface area contributed by atoms with E-state index in [-0.39, 0.29) is 18.5 Å². The summed E-state index contributed by atoms with van der Waals surface area (Å²) in [4.78, 5) is 29.7. The maximum atomic E-state index is 14.2. The highest BCUT2D eigenvalue weighted by Gasteiger charge is 2.34. The average Bonchev–Trinajstić information content (AvgIpc) is 3.47. The van der Waals surface area contributed by atoms with Crippen LogP contribution in [-0.2, 0) is 32.6 Å². The second-order valence-corrected chi connectivity index (χ2v) is 12.5. The predicted octanol–water partition coefficient (Wildman–Crippen LogP) is 4.47. The lowest BCUT2D eigenvalue weighted by atomic mass is 10.0. The minimum absolute atomic E-state index is 0.0639. The van der Waals surface area contributed by atoms with Crippen molar-refractivity contribution in [3.05, 3.63) is 95.6 Å². The number of hydrogen-bond donors (Lipinski definition) is 1. The lowest BCUT2D eigenvalue weighted by Crippen LogP contribution is -2.54. The molecule has 1 saturated carbocycles. The largest absolute Gasteiger partial charge is 0.497 e. The molecule has 0 saturated heterocycles. The molecule has 2 amide bonds. The molecule has 0 spiro atoms. The van der Waals surface area contributed by atoms with Crippen LogP contribution in [0.3, 0.4) is 0 Å². The van der Waals surface area contributed by atoms with Gasteiger partial charge in [0.15, 0.2) is 0 Å². The van der Waals surface area contributed by atoms with Crippen LogP contribution >= 0.6 is 0 Å². The van der Waals surface area contributed by atoms with Crippen molar-refractivity contribution in [3.63, 3.8) is 0 Å². The molecule has 1 aliphatic carbocycles. The van der Waals surface area contributed by atoms with Gasteiger partial charge < -0.3 is 15.0 Å². The fraction of sp³-hybridized carbons (Fsp3) is 0.375. The molecule has 3 aromatic carbocycles. The number of benzene rings is 3. The first-order valence-electron chi connectivity index (χ1n) is 14.0. The van der Waals surface area contributed by atoms with Crippen LogP contribution in [0.1, 0.15) is 42.4 Å². The Morgan fingerprint density at radius 1 is 0.951 bits per heavy atom. The average molecular weight is 578 g/mol. The smallest absolute Gasteiger partial charge is 0.244 e. The van der Waals surface area contributed by atoms with Gasteiger partial charge in [-0.3, -0.25) is 13.9 Å². The fourth-order valence-corrected chi connectivity index (χ4v) is 6.23. The van der Waals surface area contributed by atoms with Gasteiger partial charge >= 0.3 is 0 Å². The van der Waals surface area contributed by atoms with Crippen LogP contribution in [0.4, 0.5) is 5.69 Å². The number of rotatable bonds is 12. The molecule has 0 heterocycles. The molecule has 4 rings (SSSR count). The number of anilines is 1. The van der Waals surface area contributed by atoms with Crippen molar-refractivity contribution in [1.29, 1.82) is 0 Å². The maximum absolute atomic E-state index is 14.2. The number of hydrogen-bond acceptors (Lipinski definition) is 5. The van der Waals surface area contributed by atoms with Gasteiger partial charge in [-0.05, 0) is 54.7 Å². The summed E-state index contributed by atoms with van der Waals surface area (Å²) in [6.45, 7) is 1.48. The van der Waals surface area contributed by atoms with Crippen LogP contribution in [0.5, 0.6) is 5.75 Å². The van der Waals surface area contributed by atoms with E-state index in [1.54, 1.807) is 32.2 Å². The van der Waals surface area contributed by atoms with Gasteiger partial charge in [-0.15, -0.1) is 0 Å². The Bertz CT molecular complexity index is 1440. The number of nitrogens with zero attached hydrogens (tertiary/aromatic N) is 2. The predicted molar refractivity (Wildman–Crippen MR) is 161 cm³/mol. The Morgan fingerprint density at radius 2 is 1.61 bits per heavy atom. The van der Waals surface area contributed by atoms with E-state index in [9.17, 15) is 18.0 Å². The molecule has 0 radical (unpaired) electrons. The van der Waals surface area contributed by atoms with E-state index in [1.807, 2.05) is 60.7 Å². The minimum Gasteiger partial charge on any atom is -0.497 e. The monoisotopic (exact) mass is 577 g/mol. The zero-order valence-electron chi connectivity index (χ0n) is 24.0. The number of amides is 2. The first kappa shape index (κ1) is 30.1. The van der Waals surface area contributed by atoms with Crippen molar-refractivity contribution in [2.45, 2.75) is 57.7 Å². The Labute approximate surface area is 243 Å². The molecule has 1 aliphatic rings. The third kappa shape index (κ3) is 8.10. The quantitative estimate of drug-likeness (QED) is 0.343. The van der Waals surface area contributed by atoms with E-state index in [2.05, 4.69) is 5.32 Å². The molecular formula is C32H39N3O5S. The number of methoxy groups -OCH3 is 1. The Balaban J connectivity index is 1.74. The standard InChI is InChI=1S/C32H39N3O5S/c1-24-12-7-10-19-29(24)35(41(3,38)39)23-31(36)34(22-26-15-11-18-28(20-26)40-2)30(21-25-13-5-4-6-14-25)32(37)33-27-16-8-9-17-27/h4-7,10-15,18-20,27,30H,8-9,16-17,21-23H2,1-3H3,(H,33,37)/t30-/m0/s1. The molecule has 1 N–H and O–H groups in total. The van der Waals surface area contributed by atoms with Gasteiger partial charge in [0.25, 0.3) is 0 Å². The third-order valence-electron chi connectivity index (χ3n) is 7.52. The van der Waals surface area contributed by atoms with E-state index in [0.29, 0.717) is 17.9 Å². The van der Waals surface area contributed by atoms with Crippen molar-refractivity contribution in [2.24, 2.45) is 0 Å². The molecule has 0 aliphatic heterocycles.